The summed E-state index contributed by atoms with van der Waals surface area (Å²) in [7, 11) is 0. The van der Waals surface area contributed by atoms with Gasteiger partial charge in [0.05, 0.1) is 17.7 Å². The maximum Gasteiger partial charge on any atom is 0.320 e. The maximum absolute atomic E-state index is 13.1. The number of carboxylic acid groups (broad SMARTS) is 1. The second-order valence-electron chi connectivity index (χ2n) is 4.54. The second-order valence-corrected chi connectivity index (χ2v) is 4.95. The van der Waals surface area contributed by atoms with Crippen LogP contribution in [0.1, 0.15) is 18.6 Å². The van der Waals surface area contributed by atoms with Crippen molar-refractivity contribution in [3.63, 3.8) is 0 Å². The molecule has 1 aliphatic heterocycles. The molecule has 1 aromatic rings. The molecule has 2 atom stereocenters. The monoisotopic (exact) mass is 287 g/mol. The first kappa shape index (κ1) is 14.2. The van der Waals surface area contributed by atoms with E-state index in [1.165, 1.54) is 12.1 Å². The number of benzene rings is 1. The first-order chi connectivity index (χ1) is 8.99. The van der Waals surface area contributed by atoms with Crippen LogP contribution >= 0.6 is 11.6 Å². The number of rotatable bonds is 3. The average molecular weight is 288 g/mol. The Morgan fingerprint density at radius 1 is 1.63 bits per heavy atom. The van der Waals surface area contributed by atoms with Gasteiger partial charge in [0, 0.05) is 13.1 Å². The molecule has 0 radical (unpaired) electrons. The van der Waals surface area contributed by atoms with Crippen LogP contribution in [-0.2, 0) is 9.53 Å². The van der Waals surface area contributed by atoms with Crippen molar-refractivity contribution in [2.75, 3.05) is 19.7 Å². The third kappa shape index (κ3) is 3.23. The zero-order chi connectivity index (χ0) is 14.0. The second kappa shape index (κ2) is 5.86. The van der Waals surface area contributed by atoms with Gasteiger partial charge in [-0.25, -0.2) is 4.39 Å². The highest BCUT2D eigenvalue weighted by Crippen LogP contribution is 2.26. The summed E-state index contributed by atoms with van der Waals surface area (Å²) in [4.78, 5) is 12.8. The van der Waals surface area contributed by atoms with Crippen molar-refractivity contribution in [1.82, 2.24) is 4.90 Å². The third-order valence-electron chi connectivity index (χ3n) is 3.32. The van der Waals surface area contributed by atoms with Gasteiger partial charge >= 0.3 is 5.97 Å². The number of aliphatic carboxylic acids is 1. The van der Waals surface area contributed by atoms with E-state index < -0.39 is 17.8 Å². The fraction of sp³-hybridized carbons (Fsp3) is 0.462. The summed E-state index contributed by atoms with van der Waals surface area (Å²) >= 11 is 5.74. The summed E-state index contributed by atoms with van der Waals surface area (Å²) in [5.74, 6) is -1.34. The van der Waals surface area contributed by atoms with Gasteiger partial charge in [-0.15, -0.1) is 0 Å². The van der Waals surface area contributed by atoms with Gasteiger partial charge in [-0.2, -0.15) is 0 Å². The van der Waals surface area contributed by atoms with Gasteiger partial charge in [-0.1, -0.05) is 17.7 Å². The maximum atomic E-state index is 13.1. The van der Waals surface area contributed by atoms with E-state index in [-0.39, 0.29) is 11.1 Å². The molecule has 1 saturated heterocycles. The fourth-order valence-corrected chi connectivity index (χ4v) is 2.28. The lowest BCUT2D eigenvalue weighted by Gasteiger charge is -2.35. The number of carbonyl (C=O) groups is 1. The number of hydrogen-bond donors (Lipinski definition) is 1. The third-order valence-corrected chi connectivity index (χ3v) is 3.61. The first-order valence-electron chi connectivity index (χ1n) is 6.02. The number of morpholine rings is 1. The summed E-state index contributed by atoms with van der Waals surface area (Å²) in [5.41, 5.74) is 0.758. The van der Waals surface area contributed by atoms with Crippen molar-refractivity contribution < 1.29 is 19.0 Å². The topological polar surface area (TPSA) is 49.8 Å². The Morgan fingerprint density at radius 2 is 2.37 bits per heavy atom. The molecule has 0 spiro atoms. The summed E-state index contributed by atoms with van der Waals surface area (Å²) in [5, 5.41) is 9.06. The normalized spacial score (nSPS) is 22.2. The highest BCUT2D eigenvalue weighted by molar-refractivity contribution is 6.30. The van der Waals surface area contributed by atoms with Crippen molar-refractivity contribution in [3.05, 3.63) is 34.6 Å². The molecule has 1 N–H and O–H groups in total. The van der Waals surface area contributed by atoms with Gasteiger partial charge in [0.1, 0.15) is 11.9 Å². The minimum atomic E-state index is -0.863. The molecule has 0 aromatic heterocycles. The number of ether oxygens (including phenoxy) is 1. The van der Waals surface area contributed by atoms with E-state index in [0.717, 1.165) is 5.56 Å². The Morgan fingerprint density at radius 3 is 3.00 bits per heavy atom. The quantitative estimate of drug-likeness (QED) is 0.927. The van der Waals surface area contributed by atoms with Crippen LogP contribution in [0.3, 0.4) is 0 Å². The van der Waals surface area contributed by atoms with Crippen LogP contribution in [-0.4, -0.2) is 41.7 Å². The Hall–Kier alpha value is -1.17. The van der Waals surface area contributed by atoms with Crippen molar-refractivity contribution in [1.29, 1.82) is 0 Å². The molecule has 0 bridgehead atoms. The van der Waals surface area contributed by atoms with Gasteiger partial charge in [-0.3, -0.25) is 9.69 Å². The van der Waals surface area contributed by atoms with Gasteiger partial charge in [0.15, 0.2) is 0 Å². The fourth-order valence-electron chi connectivity index (χ4n) is 2.09. The van der Waals surface area contributed by atoms with Crippen LogP contribution in [0, 0.1) is 5.82 Å². The smallest absolute Gasteiger partial charge is 0.320 e. The van der Waals surface area contributed by atoms with Gasteiger partial charge < -0.3 is 9.84 Å². The standard InChI is InChI=1S/C13H15ClFNO3/c1-8(13(17)18)16-4-5-19-12(7-16)9-2-3-11(15)10(14)6-9/h2-3,6,8,12H,4-5,7H2,1H3,(H,17,18). The molecule has 1 aromatic carbocycles. The number of carboxylic acids is 1. The van der Waals surface area contributed by atoms with Crippen molar-refractivity contribution in [2.45, 2.75) is 19.1 Å². The summed E-state index contributed by atoms with van der Waals surface area (Å²) < 4.78 is 18.7. The highest BCUT2D eigenvalue weighted by Gasteiger charge is 2.28. The van der Waals surface area contributed by atoms with Gasteiger partial charge in [-0.05, 0) is 24.6 Å². The zero-order valence-electron chi connectivity index (χ0n) is 10.5. The largest absolute Gasteiger partial charge is 0.480 e. The predicted molar refractivity (Wildman–Crippen MR) is 68.8 cm³/mol. The van der Waals surface area contributed by atoms with E-state index in [2.05, 4.69) is 0 Å². The highest BCUT2D eigenvalue weighted by atomic mass is 35.5. The number of hydrogen-bond acceptors (Lipinski definition) is 3. The van der Waals surface area contributed by atoms with Crippen LogP contribution in [0.5, 0.6) is 0 Å². The van der Waals surface area contributed by atoms with Crippen LogP contribution in [0.4, 0.5) is 4.39 Å². The zero-order valence-corrected chi connectivity index (χ0v) is 11.2. The van der Waals surface area contributed by atoms with E-state index in [1.807, 2.05) is 4.90 Å². The van der Waals surface area contributed by atoms with E-state index in [0.29, 0.717) is 19.7 Å². The number of nitrogens with zero attached hydrogens (tertiary/aromatic N) is 1. The average Bonchev–Trinajstić information content (AvgIpc) is 2.41. The molecule has 1 aliphatic rings. The van der Waals surface area contributed by atoms with Crippen LogP contribution < -0.4 is 0 Å². The Balaban J connectivity index is 2.12. The Bertz CT molecular complexity index is 483. The minimum Gasteiger partial charge on any atom is -0.480 e. The summed E-state index contributed by atoms with van der Waals surface area (Å²) in [6.07, 6.45) is -0.284. The minimum absolute atomic E-state index is 0.0458. The molecular weight excluding hydrogens is 273 g/mol. The van der Waals surface area contributed by atoms with Gasteiger partial charge in [0.2, 0.25) is 0 Å². The van der Waals surface area contributed by atoms with Crippen molar-refractivity contribution in [2.24, 2.45) is 0 Å². The molecule has 2 rings (SSSR count). The van der Waals surface area contributed by atoms with Crippen molar-refractivity contribution >= 4 is 17.6 Å². The SMILES string of the molecule is CC(C(=O)O)N1CCOC(c2ccc(F)c(Cl)c2)C1. The van der Waals surface area contributed by atoms with E-state index in [9.17, 15) is 9.18 Å². The lowest BCUT2D eigenvalue weighted by molar-refractivity contribution is -0.145. The molecule has 4 nitrogen and oxygen atoms in total. The molecule has 0 amide bonds. The van der Waals surface area contributed by atoms with Crippen LogP contribution in [0.15, 0.2) is 18.2 Å². The molecule has 19 heavy (non-hydrogen) atoms. The molecule has 1 fully saturated rings. The Kier molecular flexibility index (Phi) is 4.39. The van der Waals surface area contributed by atoms with Crippen molar-refractivity contribution in [3.8, 4) is 0 Å². The van der Waals surface area contributed by atoms with Crippen LogP contribution in [0.2, 0.25) is 5.02 Å². The molecule has 2 unspecified atom stereocenters. The molecule has 6 heteroatoms. The van der Waals surface area contributed by atoms with E-state index >= 15 is 0 Å². The molecule has 0 saturated carbocycles. The van der Waals surface area contributed by atoms with E-state index in [1.54, 1.807) is 13.0 Å². The lowest BCUT2D eigenvalue weighted by atomic mass is 10.1. The molecule has 104 valence electrons. The predicted octanol–water partition coefficient (Wildman–Crippen LogP) is 2.33. The van der Waals surface area contributed by atoms with Crippen LogP contribution in [0.25, 0.3) is 0 Å². The Labute approximate surface area is 115 Å². The lowest BCUT2D eigenvalue weighted by Crippen LogP contribution is -2.46. The van der Waals surface area contributed by atoms with Gasteiger partial charge in [0.25, 0.3) is 0 Å². The molecule has 1 heterocycles. The molecule has 0 aliphatic carbocycles. The number of halogens is 2. The molecular formula is C13H15ClFNO3. The summed E-state index contributed by atoms with van der Waals surface area (Å²) in [6, 6.07) is 3.86. The first-order valence-corrected chi connectivity index (χ1v) is 6.40. The summed E-state index contributed by atoms with van der Waals surface area (Å²) in [6.45, 7) is 3.11. The van der Waals surface area contributed by atoms with E-state index in [4.69, 9.17) is 21.4 Å².